The van der Waals surface area contributed by atoms with Crippen LogP contribution in [0.25, 0.3) is 0 Å². The molecule has 0 aliphatic rings. The van der Waals surface area contributed by atoms with Crippen LogP contribution in [-0.4, -0.2) is 12.2 Å². The topological polar surface area (TPSA) is 76.7 Å². The van der Waals surface area contributed by atoms with E-state index in [-0.39, 0.29) is 0 Å². The van der Waals surface area contributed by atoms with Crippen molar-refractivity contribution in [2.75, 3.05) is 10.6 Å². The molecule has 0 spiro atoms. The summed E-state index contributed by atoms with van der Waals surface area (Å²) in [7, 11) is 0. The van der Waals surface area contributed by atoms with E-state index < -0.39 is 12.2 Å². The summed E-state index contributed by atoms with van der Waals surface area (Å²) in [6.07, 6.45) is 28.5. The maximum absolute atomic E-state index is 12.6. The van der Waals surface area contributed by atoms with E-state index in [2.05, 4.69) is 48.7 Å². The SMILES string of the molecule is CCCCCCCCCCCCc1ccc(OC(=O)Nc2ccc(Cc3ccc(NC(=O)Oc4ccc(CCCCCCCCCCCC)cc4)cc3)cc2)cc1. The lowest BCUT2D eigenvalue weighted by molar-refractivity contribution is 0.214. The van der Waals surface area contributed by atoms with E-state index in [1.807, 2.05) is 72.8 Å². The fraction of sp³-hybridized carbons (Fsp3) is 0.490. The number of aryl methyl sites for hydroxylation is 2. The summed E-state index contributed by atoms with van der Waals surface area (Å²) in [4.78, 5) is 25.1. The van der Waals surface area contributed by atoms with Crippen LogP contribution in [0.15, 0.2) is 97.1 Å². The van der Waals surface area contributed by atoms with Gasteiger partial charge in [-0.25, -0.2) is 9.59 Å². The summed E-state index contributed by atoms with van der Waals surface area (Å²) in [5.41, 5.74) is 6.09. The molecule has 0 fully saturated rings. The number of anilines is 2. The van der Waals surface area contributed by atoms with Gasteiger partial charge in [0, 0.05) is 11.4 Å². The molecule has 0 unspecified atom stereocenters. The smallest absolute Gasteiger partial charge is 0.410 e. The minimum absolute atomic E-state index is 0.511. The summed E-state index contributed by atoms with van der Waals surface area (Å²) in [5.74, 6) is 1.07. The van der Waals surface area contributed by atoms with Crippen molar-refractivity contribution >= 4 is 23.6 Å². The maximum Gasteiger partial charge on any atom is 0.417 e. The molecule has 0 heterocycles. The van der Waals surface area contributed by atoms with Crippen molar-refractivity contribution in [3.05, 3.63) is 119 Å². The predicted molar refractivity (Wildman–Crippen MR) is 239 cm³/mol. The third-order valence-corrected chi connectivity index (χ3v) is 10.7. The molecule has 0 aliphatic heterocycles. The minimum atomic E-state index is -0.511. The van der Waals surface area contributed by atoms with E-state index in [1.165, 1.54) is 140 Å². The van der Waals surface area contributed by atoms with Crippen LogP contribution in [0.4, 0.5) is 21.0 Å². The van der Waals surface area contributed by atoms with Crippen LogP contribution in [0.3, 0.4) is 0 Å². The quantitative estimate of drug-likeness (QED) is 0.0564. The van der Waals surface area contributed by atoms with Crippen LogP contribution >= 0.6 is 0 Å². The van der Waals surface area contributed by atoms with Gasteiger partial charge in [0.1, 0.15) is 11.5 Å². The van der Waals surface area contributed by atoms with Gasteiger partial charge in [0.2, 0.25) is 0 Å². The number of benzene rings is 4. The molecule has 0 radical (unpaired) electrons. The number of rotatable bonds is 28. The molecule has 0 saturated heterocycles. The standard InChI is InChI=1S/C51H70N2O4/c1-3-5-7-9-11-13-15-17-19-21-23-42-29-37-48(38-30-42)56-50(54)52-46-33-25-44(26-34-46)41-45-27-35-47(36-28-45)53-51(55)57-49-39-31-43(32-40-49)24-22-20-18-16-14-12-10-8-6-4-2/h25-40H,3-24,41H2,1-2H3,(H,52,54)(H,53,55). The number of ether oxygens (including phenoxy) is 2. The van der Waals surface area contributed by atoms with Gasteiger partial charge in [-0.3, -0.25) is 10.6 Å². The number of hydrogen-bond acceptors (Lipinski definition) is 4. The number of unbranched alkanes of at least 4 members (excludes halogenated alkanes) is 18. The van der Waals surface area contributed by atoms with Crippen molar-refractivity contribution in [3.8, 4) is 11.5 Å². The van der Waals surface area contributed by atoms with Crippen molar-refractivity contribution in [1.82, 2.24) is 0 Å². The van der Waals surface area contributed by atoms with Gasteiger partial charge in [0.05, 0.1) is 0 Å². The summed E-state index contributed by atoms with van der Waals surface area (Å²) in [6.45, 7) is 4.53. The second kappa shape index (κ2) is 27.9. The molecule has 0 aliphatic carbocycles. The second-order valence-electron chi connectivity index (χ2n) is 15.8. The van der Waals surface area contributed by atoms with E-state index in [0.717, 1.165) is 24.0 Å². The molecule has 0 bridgehead atoms. The van der Waals surface area contributed by atoms with Crippen LogP contribution in [0.5, 0.6) is 11.5 Å². The van der Waals surface area contributed by atoms with Gasteiger partial charge in [0.15, 0.2) is 0 Å². The van der Waals surface area contributed by atoms with E-state index in [9.17, 15) is 9.59 Å². The fourth-order valence-electron chi connectivity index (χ4n) is 7.23. The first-order valence-electron chi connectivity index (χ1n) is 22.3. The number of carbonyl (C=O) groups excluding carboxylic acids is 2. The van der Waals surface area contributed by atoms with Crippen LogP contribution in [0.1, 0.15) is 165 Å². The van der Waals surface area contributed by atoms with Gasteiger partial charge in [-0.05, 0) is 103 Å². The van der Waals surface area contributed by atoms with Crippen LogP contribution < -0.4 is 20.1 Å². The highest BCUT2D eigenvalue weighted by Gasteiger charge is 2.08. The van der Waals surface area contributed by atoms with Gasteiger partial charge in [-0.2, -0.15) is 0 Å². The Kier molecular flexibility index (Phi) is 22.1. The first-order valence-corrected chi connectivity index (χ1v) is 22.3. The Morgan fingerprint density at radius 3 is 0.965 bits per heavy atom. The molecule has 2 amide bonds. The molecule has 2 N–H and O–H groups in total. The Morgan fingerprint density at radius 1 is 0.368 bits per heavy atom. The zero-order chi connectivity index (χ0) is 40.2. The number of carbonyl (C=O) groups is 2. The van der Waals surface area contributed by atoms with Gasteiger partial charge < -0.3 is 9.47 Å². The van der Waals surface area contributed by atoms with Crippen molar-refractivity contribution in [2.24, 2.45) is 0 Å². The maximum atomic E-state index is 12.6. The molecular formula is C51H70N2O4. The summed E-state index contributed by atoms with van der Waals surface area (Å²) >= 11 is 0. The van der Waals surface area contributed by atoms with E-state index in [0.29, 0.717) is 29.3 Å². The average Bonchev–Trinajstić information content (AvgIpc) is 3.22. The molecule has 6 heteroatoms. The molecule has 57 heavy (non-hydrogen) atoms. The summed E-state index contributed by atoms with van der Waals surface area (Å²) < 4.78 is 11.1. The van der Waals surface area contributed by atoms with Gasteiger partial charge >= 0.3 is 12.2 Å². The van der Waals surface area contributed by atoms with Gasteiger partial charge in [-0.1, -0.05) is 178 Å². The second-order valence-corrected chi connectivity index (χ2v) is 15.8. The highest BCUT2D eigenvalue weighted by molar-refractivity contribution is 5.87. The molecule has 6 nitrogen and oxygen atoms in total. The number of amides is 2. The Bertz CT molecular complexity index is 1520. The monoisotopic (exact) mass is 775 g/mol. The Balaban J connectivity index is 1.07. The fourth-order valence-corrected chi connectivity index (χ4v) is 7.23. The molecule has 4 rings (SSSR count). The van der Waals surface area contributed by atoms with E-state index >= 15 is 0 Å². The summed E-state index contributed by atoms with van der Waals surface area (Å²) in [5, 5.41) is 5.64. The summed E-state index contributed by atoms with van der Waals surface area (Å²) in [6, 6.07) is 31.2. The average molecular weight is 775 g/mol. The first-order chi connectivity index (χ1) is 28.0. The molecular weight excluding hydrogens is 705 g/mol. The third-order valence-electron chi connectivity index (χ3n) is 10.7. The van der Waals surface area contributed by atoms with Crippen LogP contribution in [0.2, 0.25) is 0 Å². The molecule has 4 aromatic carbocycles. The highest BCUT2D eigenvalue weighted by Crippen LogP contribution is 2.21. The van der Waals surface area contributed by atoms with Crippen molar-refractivity contribution in [3.63, 3.8) is 0 Å². The normalized spacial score (nSPS) is 11.0. The van der Waals surface area contributed by atoms with Gasteiger partial charge in [0.25, 0.3) is 0 Å². The third kappa shape index (κ3) is 19.9. The largest absolute Gasteiger partial charge is 0.417 e. The lowest BCUT2D eigenvalue weighted by Gasteiger charge is -2.10. The molecule has 0 aromatic heterocycles. The minimum Gasteiger partial charge on any atom is -0.410 e. The van der Waals surface area contributed by atoms with Crippen molar-refractivity contribution in [2.45, 2.75) is 162 Å². The lowest BCUT2D eigenvalue weighted by Crippen LogP contribution is -2.16. The predicted octanol–water partition coefficient (Wildman–Crippen LogP) is 15.4. The number of hydrogen-bond donors (Lipinski definition) is 2. The Labute approximate surface area is 344 Å². The molecule has 0 atom stereocenters. The van der Waals surface area contributed by atoms with E-state index in [1.54, 1.807) is 0 Å². The number of nitrogens with one attached hydrogen (secondary N) is 2. The van der Waals surface area contributed by atoms with Crippen LogP contribution in [-0.2, 0) is 19.3 Å². The van der Waals surface area contributed by atoms with Gasteiger partial charge in [-0.15, -0.1) is 0 Å². The molecule has 308 valence electrons. The zero-order valence-electron chi connectivity index (χ0n) is 35.1. The highest BCUT2D eigenvalue weighted by atomic mass is 16.6. The molecule has 4 aromatic rings. The zero-order valence-corrected chi connectivity index (χ0v) is 35.1. The lowest BCUT2D eigenvalue weighted by atomic mass is 10.0. The van der Waals surface area contributed by atoms with Crippen molar-refractivity contribution < 1.29 is 19.1 Å². The first kappa shape index (κ1) is 45.1. The Hall–Kier alpha value is -4.58. The van der Waals surface area contributed by atoms with Crippen LogP contribution in [0, 0.1) is 0 Å². The molecule has 0 saturated carbocycles. The van der Waals surface area contributed by atoms with Crippen molar-refractivity contribution in [1.29, 1.82) is 0 Å². The Morgan fingerprint density at radius 2 is 0.649 bits per heavy atom. The van der Waals surface area contributed by atoms with E-state index in [4.69, 9.17) is 9.47 Å².